The number of halogens is 4. The number of rotatable bonds is 8. The van der Waals surface area contributed by atoms with Crippen molar-refractivity contribution < 1.29 is 36.9 Å². The van der Waals surface area contributed by atoms with Gasteiger partial charge in [0.1, 0.15) is 11.6 Å². The van der Waals surface area contributed by atoms with Crippen LogP contribution in [0.2, 0.25) is 0 Å². The van der Waals surface area contributed by atoms with E-state index in [1.807, 2.05) is 0 Å². The molecule has 1 aliphatic carbocycles. The molecule has 39 heavy (non-hydrogen) atoms. The highest BCUT2D eigenvalue weighted by molar-refractivity contribution is 5.88. The number of piperidine rings is 1. The van der Waals surface area contributed by atoms with E-state index in [0.29, 0.717) is 35.6 Å². The number of nitrogens with zero attached hydrogens (tertiary/aromatic N) is 1. The predicted octanol–water partition coefficient (Wildman–Crippen LogP) is 7.01. The molecule has 3 heterocycles. The Morgan fingerprint density at radius 3 is 2.38 bits per heavy atom. The summed E-state index contributed by atoms with van der Waals surface area (Å²) in [5, 5.41) is 9.16. The molecular formula is C29H28F4N2O4. The number of aromatic carboxylic acids is 1. The third-order valence-electron chi connectivity index (χ3n) is 8.04. The number of carboxylic acids is 1. The number of H-pyrrole nitrogens is 1. The maximum Gasteiger partial charge on any atom is 0.573 e. The summed E-state index contributed by atoms with van der Waals surface area (Å²) >= 11 is 0. The van der Waals surface area contributed by atoms with E-state index in [2.05, 4.69) is 14.6 Å². The van der Waals surface area contributed by atoms with Crippen LogP contribution in [0.4, 0.5) is 23.2 Å². The first-order valence-electron chi connectivity index (χ1n) is 13.2. The van der Waals surface area contributed by atoms with Crippen LogP contribution in [0.3, 0.4) is 0 Å². The van der Waals surface area contributed by atoms with Gasteiger partial charge in [0.25, 0.3) is 0 Å². The molecule has 3 fully saturated rings. The highest BCUT2D eigenvalue weighted by Crippen LogP contribution is 2.46. The van der Waals surface area contributed by atoms with E-state index in [9.17, 15) is 22.4 Å². The summed E-state index contributed by atoms with van der Waals surface area (Å²) in [7, 11) is 0. The second-order valence-corrected chi connectivity index (χ2v) is 10.6. The number of anilines is 1. The van der Waals surface area contributed by atoms with Crippen LogP contribution in [-0.2, 0) is 11.3 Å². The number of nitrogens with one attached hydrogen (secondary N) is 1. The fourth-order valence-electron chi connectivity index (χ4n) is 6.21. The van der Waals surface area contributed by atoms with Crippen molar-refractivity contribution in [2.24, 2.45) is 0 Å². The van der Waals surface area contributed by atoms with Crippen LogP contribution in [-0.4, -0.2) is 40.6 Å². The average Bonchev–Trinajstić information content (AvgIpc) is 3.59. The third-order valence-corrected chi connectivity index (χ3v) is 8.04. The van der Waals surface area contributed by atoms with Gasteiger partial charge in [-0.3, -0.25) is 0 Å². The Bertz CT molecular complexity index is 1370. The topological polar surface area (TPSA) is 74.8 Å². The fourth-order valence-corrected chi connectivity index (χ4v) is 6.21. The lowest BCUT2D eigenvalue weighted by Crippen LogP contribution is -2.46. The number of hydrogen-bond acceptors (Lipinski definition) is 4. The number of para-hydroxylation sites is 1. The van der Waals surface area contributed by atoms with E-state index in [4.69, 9.17) is 9.84 Å². The molecule has 2 aliphatic heterocycles. The van der Waals surface area contributed by atoms with Gasteiger partial charge >= 0.3 is 12.3 Å². The number of aromatic amines is 1. The number of ether oxygens (including phenoxy) is 2. The lowest BCUT2D eigenvalue weighted by molar-refractivity contribution is -0.274. The van der Waals surface area contributed by atoms with E-state index in [0.717, 1.165) is 43.0 Å². The Hall–Kier alpha value is -3.53. The zero-order valence-corrected chi connectivity index (χ0v) is 21.0. The zero-order chi connectivity index (χ0) is 27.3. The van der Waals surface area contributed by atoms with Crippen molar-refractivity contribution in [3.05, 3.63) is 71.3 Å². The molecule has 6 nitrogen and oxygen atoms in total. The largest absolute Gasteiger partial charge is 0.573 e. The lowest BCUT2D eigenvalue weighted by atomic mass is 9.97. The second-order valence-electron chi connectivity index (χ2n) is 10.6. The zero-order valence-electron chi connectivity index (χ0n) is 21.0. The van der Waals surface area contributed by atoms with Gasteiger partial charge in [0.05, 0.1) is 24.0 Å². The minimum absolute atomic E-state index is 0.0634. The summed E-state index contributed by atoms with van der Waals surface area (Å²) in [6, 6.07) is 10.3. The van der Waals surface area contributed by atoms with E-state index >= 15 is 0 Å². The van der Waals surface area contributed by atoms with Gasteiger partial charge in [-0.1, -0.05) is 18.2 Å². The predicted molar refractivity (Wildman–Crippen MR) is 135 cm³/mol. The number of hydrogen-bond donors (Lipinski definition) is 2. The molecule has 1 saturated carbocycles. The van der Waals surface area contributed by atoms with Gasteiger partial charge < -0.3 is 24.5 Å². The lowest BCUT2D eigenvalue weighted by Gasteiger charge is -2.40. The standard InChI is InChI=1S/C29H28F4N2O4/c30-24-11-17(28(36)37)7-10-25(24)35-18-8-9-19(35)13-20(12-18)38-15-23-22(14-34-27(23)16-5-6-16)21-3-1-2-4-26(21)39-29(31,32)33/h1-4,7,10-11,14,16,18-20,34H,5-6,8-9,12-13,15H2,(H,36,37). The molecule has 2 unspecified atom stereocenters. The second kappa shape index (κ2) is 9.89. The molecule has 2 bridgehead atoms. The molecule has 0 amide bonds. The molecule has 1 aromatic heterocycles. The van der Waals surface area contributed by atoms with Crippen molar-refractivity contribution >= 4 is 11.7 Å². The van der Waals surface area contributed by atoms with Gasteiger partial charge in [-0.2, -0.15) is 0 Å². The first-order valence-corrected chi connectivity index (χ1v) is 13.2. The first-order chi connectivity index (χ1) is 18.7. The first kappa shape index (κ1) is 25.7. The molecule has 3 aromatic rings. The maximum absolute atomic E-state index is 14.8. The normalized spacial score (nSPS) is 22.8. The molecule has 10 heteroatoms. The van der Waals surface area contributed by atoms with Crippen molar-refractivity contribution in [1.82, 2.24) is 4.98 Å². The Morgan fingerprint density at radius 1 is 1.03 bits per heavy atom. The highest BCUT2D eigenvalue weighted by Gasteiger charge is 2.42. The average molecular weight is 545 g/mol. The summed E-state index contributed by atoms with van der Waals surface area (Å²) in [5.41, 5.74) is 3.16. The van der Waals surface area contributed by atoms with Crippen molar-refractivity contribution in [3.8, 4) is 16.9 Å². The molecule has 0 spiro atoms. The number of alkyl halides is 3. The summed E-state index contributed by atoms with van der Waals surface area (Å²) in [5.74, 6) is -1.63. The molecule has 0 radical (unpaired) electrons. The molecule has 206 valence electrons. The summed E-state index contributed by atoms with van der Waals surface area (Å²) in [4.78, 5) is 16.5. The van der Waals surface area contributed by atoms with E-state index < -0.39 is 18.1 Å². The molecule has 6 rings (SSSR count). The SMILES string of the molecule is O=C(O)c1ccc(N2C3CCC2CC(OCc2c(-c4ccccc4OC(F)(F)F)c[nH]c2C2CC2)C3)c(F)c1. The van der Waals surface area contributed by atoms with Crippen LogP contribution < -0.4 is 9.64 Å². The molecule has 2 saturated heterocycles. The van der Waals surface area contributed by atoms with Gasteiger partial charge in [0.2, 0.25) is 0 Å². The van der Waals surface area contributed by atoms with Gasteiger partial charge in [0, 0.05) is 40.7 Å². The van der Waals surface area contributed by atoms with Crippen LogP contribution in [0.5, 0.6) is 5.75 Å². The van der Waals surface area contributed by atoms with E-state index in [1.54, 1.807) is 24.4 Å². The number of carbonyl (C=O) groups is 1. The van der Waals surface area contributed by atoms with Crippen molar-refractivity contribution in [2.75, 3.05) is 4.90 Å². The van der Waals surface area contributed by atoms with Crippen LogP contribution in [0.15, 0.2) is 48.7 Å². The van der Waals surface area contributed by atoms with Crippen molar-refractivity contribution in [1.29, 1.82) is 0 Å². The monoisotopic (exact) mass is 544 g/mol. The Kier molecular flexibility index (Phi) is 6.53. The van der Waals surface area contributed by atoms with Crippen LogP contribution in [0, 0.1) is 5.82 Å². The van der Waals surface area contributed by atoms with Crippen LogP contribution >= 0.6 is 0 Å². The molecule has 2 N–H and O–H groups in total. The quantitative estimate of drug-likeness (QED) is 0.299. The Labute approximate surface area is 222 Å². The van der Waals surface area contributed by atoms with Crippen LogP contribution in [0.1, 0.15) is 66.1 Å². The number of carboxylic acid groups (broad SMARTS) is 1. The van der Waals surface area contributed by atoms with Gasteiger partial charge in [-0.25, -0.2) is 9.18 Å². The number of fused-ring (bicyclic) bond motifs is 2. The molecular weight excluding hydrogens is 516 g/mol. The maximum atomic E-state index is 14.8. The van der Waals surface area contributed by atoms with Crippen molar-refractivity contribution in [2.45, 2.75) is 75.6 Å². The molecule has 2 aromatic carbocycles. The minimum Gasteiger partial charge on any atom is -0.478 e. The van der Waals surface area contributed by atoms with Gasteiger partial charge in [-0.05, 0) is 68.7 Å². The highest BCUT2D eigenvalue weighted by atomic mass is 19.4. The van der Waals surface area contributed by atoms with E-state index in [1.165, 1.54) is 18.2 Å². The third kappa shape index (κ3) is 5.22. The summed E-state index contributed by atoms with van der Waals surface area (Å²) in [6.45, 7) is 0.247. The van der Waals surface area contributed by atoms with Gasteiger partial charge in [0.15, 0.2) is 0 Å². The summed E-state index contributed by atoms with van der Waals surface area (Å²) in [6.07, 6.45) is 2.02. The van der Waals surface area contributed by atoms with Gasteiger partial charge in [-0.15, -0.1) is 13.2 Å². The molecule has 3 aliphatic rings. The Balaban J connectivity index is 1.20. The van der Waals surface area contributed by atoms with E-state index in [-0.39, 0.29) is 36.1 Å². The minimum atomic E-state index is -4.80. The summed E-state index contributed by atoms with van der Waals surface area (Å²) < 4.78 is 64.8. The molecule has 2 atom stereocenters. The van der Waals surface area contributed by atoms with Crippen LogP contribution in [0.25, 0.3) is 11.1 Å². The number of aromatic nitrogens is 1. The number of benzene rings is 2. The van der Waals surface area contributed by atoms with Crippen molar-refractivity contribution in [3.63, 3.8) is 0 Å². The smallest absolute Gasteiger partial charge is 0.478 e. The Morgan fingerprint density at radius 2 is 1.74 bits per heavy atom. The fraction of sp³-hybridized carbons (Fsp3) is 0.414.